The van der Waals surface area contributed by atoms with Crippen molar-refractivity contribution >= 4 is 17.3 Å². The first-order valence-corrected chi connectivity index (χ1v) is 8.53. The Hall–Kier alpha value is -3.47. The monoisotopic (exact) mass is 366 g/mol. The summed E-state index contributed by atoms with van der Waals surface area (Å²) in [6, 6.07) is 6.47. The highest BCUT2D eigenvalue weighted by atomic mass is 16.6. The molecule has 138 valence electrons. The number of anilines is 1. The number of fused-ring (bicyclic) bond motifs is 1. The summed E-state index contributed by atoms with van der Waals surface area (Å²) in [6.07, 6.45) is 1.22. The number of non-ortho nitro benzene ring substituents is 1. The number of rotatable bonds is 4. The van der Waals surface area contributed by atoms with Gasteiger partial charge in [-0.05, 0) is 43.4 Å². The number of nitrogens with one attached hydrogen (secondary N) is 1. The van der Waals surface area contributed by atoms with Crippen LogP contribution in [0.1, 0.15) is 34.4 Å². The zero-order valence-electron chi connectivity index (χ0n) is 15.0. The van der Waals surface area contributed by atoms with Crippen LogP contribution in [0.4, 0.5) is 11.4 Å². The molecule has 1 amide bonds. The fourth-order valence-corrected chi connectivity index (χ4v) is 3.53. The zero-order valence-corrected chi connectivity index (χ0v) is 15.0. The first-order valence-electron chi connectivity index (χ1n) is 8.53. The van der Waals surface area contributed by atoms with Crippen molar-refractivity contribution < 1.29 is 9.72 Å². The van der Waals surface area contributed by atoms with Crippen molar-refractivity contribution in [2.24, 2.45) is 0 Å². The molecule has 3 rings (SSSR count). The van der Waals surface area contributed by atoms with Crippen LogP contribution >= 0.6 is 0 Å². The molecule has 0 spiro atoms. The molecule has 0 radical (unpaired) electrons. The van der Waals surface area contributed by atoms with E-state index in [9.17, 15) is 19.7 Å². The average Bonchev–Trinajstić information content (AvgIpc) is 3.04. The fraction of sp³-hybridized carbons (Fsp3) is 0.316. The molecule has 2 heterocycles. The summed E-state index contributed by atoms with van der Waals surface area (Å²) >= 11 is 0. The number of benzene rings is 1. The predicted octanol–water partition coefficient (Wildman–Crippen LogP) is 2.29. The molecule has 0 saturated heterocycles. The van der Waals surface area contributed by atoms with Crippen molar-refractivity contribution in [1.82, 2.24) is 4.98 Å². The smallest absolute Gasteiger partial charge is 0.271 e. The van der Waals surface area contributed by atoms with Gasteiger partial charge in [0.2, 0.25) is 5.91 Å². The van der Waals surface area contributed by atoms with Gasteiger partial charge in [0, 0.05) is 30.8 Å². The van der Waals surface area contributed by atoms with Gasteiger partial charge in [-0.1, -0.05) is 6.07 Å². The van der Waals surface area contributed by atoms with Crippen LogP contribution in [0.5, 0.6) is 0 Å². The van der Waals surface area contributed by atoms with Crippen LogP contribution in [0, 0.1) is 35.3 Å². The minimum absolute atomic E-state index is 0.0422. The lowest BCUT2D eigenvalue weighted by Crippen LogP contribution is -2.29. The van der Waals surface area contributed by atoms with Crippen molar-refractivity contribution in [3.05, 3.63) is 66.6 Å². The highest BCUT2D eigenvalue weighted by molar-refractivity contribution is 5.96. The topological polar surface area (TPSA) is 120 Å². The van der Waals surface area contributed by atoms with Gasteiger partial charge in [0.25, 0.3) is 11.2 Å². The van der Waals surface area contributed by atoms with Gasteiger partial charge >= 0.3 is 0 Å². The molecule has 0 atom stereocenters. The molecule has 8 nitrogen and oxygen atoms in total. The van der Waals surface area contributed by atoms with Crippen LogP contribution in [0.3, 0.4) is 0 Å². The lowest BCUT2D eigenvalue weighted by atomic mass is 9.99. The first-order chi connectivity index (χ1) is 12.8. The van der Waals surface area contributed by atoms with Crippen LogP contribution in [-0.4, -0.2) is 22.4 Å². The van der Waals surface area contributed by atoms with E-state index in [-0.39, 0.29) is 23.6 Å². The highest BCUT2D eigenvalue weighted by Crippen LogP contribution is 2.32. The second-order valence-corrected chi connectivity index (χ2v) is 6.53. The lowest BCUT2D eigenvalue weighted by molar-refractivity contribution is -0.384. The number of pyridine rings is 1. The fourth-order valence-electron chi connectivity index (χ4n) is 3.53. The maximum absolute atomic E-state index is 12.7. The second-order valence-electron chi connectivity index (χ2n) is 6.53. The number of nitro benzene ring substituents is 1. The van der Waals surface area contributed by atoms with E-state index < -0.39 is 10.5 Å². The van der Waals surface area contributed by atoms with Gasteiger partial charge in [0.15, 0.2) is 0 Å². The summed E-state index contributed by atoms with van der Waals surface area (Å²) in [5.74, 6) is -0.141. The summed E-state index contributed by atoms with van der Waals surface area (Å²) in [5.41, 5.74) is 3.09. The predicted molar refractivity (Wildman–Crippen MR) is 98.7 cm³/mol. The third-order valence-corrected chi connectivity index (χ3v) is 4.99. The first kappa shape index (κ1) is 18.3. The van der Waals surface area contributed by atoms with Crippen LogP contribution in [0.25, 0.3) is 0 Å². The van der Waals surface area contributed by atoms with Gasteiger partial charge < -0.3 is 9.88 Å². The molecule has 0 bridgehead atoms. The molecule has 27 heavy (non-hydrogen) atoms. The van der Waals surface area contributed by atoms with Crippen LogP contribution < -0.4 is 10.5 Å². The van der Waals surface area contributed by atoms with Gasteiger partial charge in [-0.2, -0.15) is 5.26 Å². The van der Waals surface area contributed by atoms with Gasteiger partial charge in [-0.15, -0.1) is 0 Å². The van der Waals surface area contributed by atoms with Gasteiger partial charge in [0.05, 0.1) is 10.6 Å². The molecule has 1 aromatic carbocycles. The number of nitrogens with zero attached hydrogens (tertiary/aromatic N) is 3. The molecule has 1 aliphatic heterocycles. The minimum atomic E-state index is -0.474. The van der Waals surface area contributed by atoms with Crippen LogP contribution in [-0.2, 0) is 17.6 Å². The lowest BCUT2D eigenvalue weighted by Gasteiger charge is -2.18. The van der Waals surface area contributed by atoms with Crippen molar-refractivity contribution in [3.8, 4) is 6.07 Å². The molecule has 8 heteroatoms. The SMILES string of the molecule is Cc1[nH]c(=O)c(C#N)c(C)c1CCC(=O)N1CCc2ccc([N+](=O)[O-])cc21. The number of hydrogen-bond acceptors (Lipinski definition) is 5. The molecule has 1 aromatic heterocycles. The summed E-state index contributed by atoms with van der Waals surface area (Å²) < 4.78 is 0. The van der Waals surface area contributed by atoms with E-state index in [2.05, 4.69) is 4.98 Å². The third-order valence-electron chi connectivity index (χ3n) is 4.99. The van der Waals surface area contributed by atoms with Crippen LogP contribution in [0.2, 0.25) is 0 Å². The molecular formula is C19H18N4O4. The Morgan fingerprint density at radius 1 is 1.41 bits per heavy atom. The van der Waals surface area contributed by atoms with E-state index in [1.54, 1.807) is 24.8 Å². The maximum atomic E-state index is 12.7. The van der Waals surface area contributed by atoms with Crippen molar-refractivity contribution in [1.29, 1.82) is 5.26 Å². The second kappa shape index (κ2) is 7.03. The number of aromatic nitrogens is 1. The minimum Gasteiger partial charge on any atom is -0.325 e. The molecule has 2 aromatic rings. The number of aryl methyl sites for hydroxylation is 1. The Bertz CT molecular complexity index is 1050. The summed E-state index contributed by atoms with van der Waals surface area (Å²) in [5, 5.41) is 20.1. The van der Waals surface area contributed by atoms with E-state index in [1.165, 1.54) is 12.1 Å². The van der Waals surface area contributed by atoms with E-state index in [4.69, 9.17) is 5.26 Å². The van der Waals surface area contributed by atoms with Gasteiger partial charge in [-0.3, -0.25) is 19.7 Å². The average molecular weight is 366 g/mol. The molecule has 0 fully saturated rings. The Labute approximate surface area is 155 Å². The zero-order chi connectivity index (χ0) is 19.7. The third kappa shape index (κ3) is 3.31. The molecule has 0 unspecified atom stereocenters. The Morgan fingerprint density at radius 2 is 2.15 bits per heavy atom. The number of carbonyl (C=O) groups is 1. The molecule has 0 saturated carbocycles. The number of H-pyrrole nitrogens is 1. The summed E-state index contributed by atoms with van der Waals surface area (Å²) in [7, 11) is 0. The number of nitro groups is 1. The maximum Gasteiger partial charge on any atom is 0.271 e. The quantitative estimate of drug-likeness (QED) is 0.657. The number of hydrogen-bond donors (Lipinski definition) is 1. The highest BCUT2D eigenvalue weighted by Gasteiger charge is 2.26. The van der Waals surface area contributed by atoms with Crippen molar-refractivity contribution in [2.75, 3.05) is 11.4 Å². The molecule has 1 aliphatic rings. The van der Waals surface area contributed by atoms with E-state index in [0.29, 0.717) is 36.3 Å². The van der Waals surface area contributed by atoms with Crippen molar-refractivity contribution in [3.63, 3.8) is 0 Å². The number of carbonyl (C=O) groups excluding carboxylic acids is 1. The van der Waals surface area contributed by atoms with E-state index in [1.807, 2.05) is 6.07 Å². The van der Waals surface area contributed by atoms with Gasteiger partial charge in [-0.25, -0.2) is 0 Å². The summed E-state index contributed by atoms with van der Waals surface area (Å²) in [6.45, 7) is 3.93. The van der Waals surface area contributed by atoms with Crippen LogP contribution in [0.15, 0.2) is 23.0 Å². The number of amides is 1. The summed E-state index contributed by atoms with van der Waals surface area (Å²) in [4.78, 5) is 39.3. The molecular weight excluding hydrogens is 348 g/mol. The number of nitriles is 1. The number of aromatic amines is 1. The Morgan fingerprint density at radius 3 is 2.81 bits per heavy atom. The molecule has 0 aliphatic carbocycles. The van der Waals surface area contributed by atoms with Crippen molar-refractivity contribution in [2.45, 2.75) is 33.1 Å². The van der Waals surface area contributed by atoms with E-state index in [0.717, 1.165) is 11.1 Å². The largest absolute Gasteiger partial charge is 0.325 e. The standard InChI is InChI=1S/C19H18N4O4/c1-11-15(12(2)21-19(25)16(11)10-20)5-6-18(24)22-8-7-13-3-4-14(23(26)27)9-17(13)22/h3-4,9H,5-8H2,1-2H3,(H,21,25). The normalized spacial score (nSPS) is 12.6. The van der Waals surface area contributed by atoms with Gasteiger partial charge in [0.1, 0.15) is 11.6 Å². The molecule has 1 N–H and O–H groups in total. The Balaban J connectivity index is 1.82. The van der Waals surface area contributed by atoms with E-state index >= 15 is 0 Å². The Kier molecular flexibility index (Phi) is 4.77.